The number of rotatable bonds is 4. The highest BCUT2D eigenvalue weighted by Crippen LogP contribution is 2.58. The standard InChI is InChI=1S/C32H21ClN2O5S/c33-19-9-10-22-17(14-19)8-12-26-32(20-4-1-2-5-21(20)34-31(32)38)27(28(35(22)26)30(37)25-6-3-13-41-25)29(36)18-7-11-23-24(15-18)40-16-39-23/h1-15,26-28H,16H2,(H,34,38)/t26-,27+,28-,32+/m0/s1. The third-order valence-electron chi connectivity index (χ3n) is 8.57. The Morgan fingerprint density at radius 3 is 2.68 bits per heavy atom. The quantitative estimate of drug-likeness (QED) is 0.299. The van der Waals surface area contributed by atoms with Gasteiger partial charge in [-0.3, -0.25) is 14.4 Å². The number of anilines is 2. The monoisotopic (exact) mass is 580 g/mol. The molecule has 4 aliphatic rings. The summed E-state index contributed by atoms with van der Waals surface area (Å²) in [4.78, 5) is 46.2. The number of carbonyl (C=O) groups is 3. The third-order valence-corrected chi connectivity index (χ3v) is 9.69. The van der Waals surface area contributed by atoms with Crippen molar-refractivity contribution in [3.8, 4) is 11.5 Å². The molecule has 0 unspecified atom stereocenters. The summed E-state index contributed by atoms with van der Waals surface area (Å²) in [6.07, 6.45) is 3.86. The number of benzene rings is 3. The lowest BCUT2D eigenvalue weighted by atomic mass is 9.64. The second-order valence-electron chi connectivity index (χ2n) is 10.5. The van der Waals surface area contributed by atoms with Gasteiger partial charge in [0.1, 0.15) is 11.5 Å². The predicted molar refractivity (Wildman–Crippen MR) is 156 cm³/mol. The molecule has 41 heavy (non-hydrogen) atoms. The maximum Gasteiger partial charge on any atom is 0.238 e. The molecule has 4 aliphatic heterocycles. The number of Topliss-reactive ketones (excluding diaryl/α,β-unsaturated/α-hetero) is 2. The summed E-state index contributed by atoms with van der Waals surface area (Å²) in [5, 5.41) is 5.44. The van der Waals surface area contributed by atoms with Gasteiger partial charge in [0.25, 0.3) is 0 Å². The van der Waals surface area contributed by atoms with E-state index in [1.807, 2.05) is 64.9 Å². The van der Waals surface area contributed by atoms with Crippen molar-refractivity contribution in [3.63, 3.8) is 0 Å². The zero-order valence-corrected chi connectivity index (χ0v) is 22.9. The van der Waals surface area contributed by atoms with E-state index in [1.165, 1.54) is 11.3 Å². The SMILES string of the molecule is O=C(c1cccs1)[C@@H]1[C@H](C(=O)c2ccc3c(c2)OCO3)[C@]2(C(=O)Nc3ccccc32)[C@@H]2C=Cc3cc(Cl)ccc3N12. The van der Waals surface area contributed by atoms with Crippen molar-refractivity contribution in [3.05, 3.63) is 111 Å². The predicted octanol–water partition coefficient (Wildman–Crippen LogP) is 5.99. The van der Waals surface area contributed by atoms with E-state index >= 15 is 0 Å². The first-order chi connectivity index (χ1) is 20.0. The number of nitrogens with zero attached hydrogens (tertiary/aromatic N) is 1. The average Bonchev–Trinajstić information content (AvgIpc) is 3.78. The molecule has 4 aromatic rings. The number of ether oxygens (including phenoxy) is 2. The van der Waals surface area contributed by atoms with E-state index < -0.39 is 23.4 Å². The highest BCUT2D eigenvalue weighted by Gasteiger charge is 2.70. The fourth-order valence-electron chi connectivity index (χ4n) is 6.94. The van der Waals surface area contributed by atoms with Crippen molar-refractivity contribution in [2.45, 2.75) is 17.5 Å². The van der Waals surface area contributed by atoms with Crippen LogP contribution in [-0.2, 0) is 10.2 Å². The maximum atomic E-state index is 14.9. The first kappa shape index (κ1) is 24.4. The van der Waals surface area contributed by atoms with Gasteiger partial charge in [-0.15, -0.1) is 11.3 Å². The number of carbonyl (C=O) groups excluding carboxylic acids is 3. The average molecular weight is 581 g/mol. The molecule has 0 saturated carbocycles. The summed E-state index contributed by atoms with van der Waals surface area (Å²) in [5.41, 5.74) is 1.86. The van der Waals surface area contributed by atoms with E-state index in [9.17, 15) is 14.4 Å². The van der Waals surface area contributed by atoms with Crippen molar-refractivity contribution < 1.29 is 23.9 Å². The van der Waals surface area contributed by atoms with Crippen LogP contribution >= 0.6 is 22.9 Å². The number of nitrogens with one attached hydrogen (secondary N) is 1. The largest absolute Gasteiger partial charge is 0.454 e. The number of ketones is 2. The Morgan fingerprint density at radius 1 is 0.976 bits per heavy atom. The maximum absolute atomic E-state index is 14.9. The van der Waals surface area contributed by atoms with Gasteiger partial charge in [-0.05, 0) is 65.0 Å². The van der Waals surface area contributed by atoms with Crippen molar-refractivity contribution >= 4 is 57.9 Å². The first-order valence-corrected chi connectivity index (χ1v) is 14.4. The Hall–Kier alpha value is -4.40. The van der Waals surface area contributed by atoms with E-state index in [0.29, 0.717) is 38.2 Å². The molecule has 8 rings (SSSR count). The second-order valence-corrected chi connectivity index (χ2v) is 11.9. The molecule has 1 aromatic heterocycles. The zero-order chi connectivity index (χ0) is 27.9. The highest BCUT2D eigenvalue weighted by molar-refractivity contribution is 7.12. The van der Waals surface area contributed by atoms with Crippen molar-refractivity contribution in [1.82, 2.24) is 0 Å². The topological polar surface area (TPSA) is 84.9 Å². The molecule has 0 bridgehead atoms. The van der Waals surface area contributed by atoms with Crippen LogP contribution in [0.5, 0.6) is 11.5 Å². The minimum atomic E-state index is -1.38. The van der Waals surface area contributed by atoms with Crippen LogP contribution < -0.4 is 19.7 Å². The summed E-state index contributed by atoms with van der Waals surface area (Å²) in [5.74, 6) is -0.895. The minimum Gasteiger partial charge on any atom is -0.454 e. The van der Waals surface area contributed by atoms with Gasteiger partial charge in [-0.1, -0.05) is 48.0 Å². The van der Waals surface area contributed by atoms with Gasteiger partial charge in [0.15, 0.2) is 23.1 Å². The van der Waals surface area contributed by atoms with Gasteiger partial charge >= 0.3 is 0 Å². The molecule has 5 heterocycles. The van der Waals surface area contributed by atoms with E-state index in [2.05, 4.69) is 5.32 Å². The van der Waals surface area contributed by atoms with Gasteiger partial charge in [0.05, 0.1) is 16.8 Å². The summed E-state index contributed by atoms with van der Waals surface area (Å²) in [6.45, 7) is 0.0651. The van der Waals surface area contributed by atoms with Crippen molar-refractivity contribution in [2.75, 3.05) is 17.0 Å². The van der Waals surface area contributed by atoms with E-state index in [0.717, 1.165) is 11.3 Å². The zero-order valence-electron chi connectivity index (χ0n) is 21.4. The fraction of sp³-hybridized carbons (Fsp3) is 0.156. The number of hydrogen-bond donors (Lipinski definition) is 1. The van der Waals surface area contributed by atoms with Crippen molar-refractivity contribution in [2.24, 2.45) is 5.92 Å². The molecule has 1 saturated heterocycles. The molecule has 0 aliphatic carbocycles. The van der Waals surface area contributed by atoms with E-state index in [-0.39, 0.29) is 24.3 Å². The van der Waals surface area contributed by atoms with Gasteiger partial charge in [-0.25, -0.2) is 0 Å². The Morgan fingerprint density at radius 2 is 1.83 bits per heavy atom. The molecule has 3 aromatic carbocycles. The number of thiophene rings is 1. The van der Waals surface area contributed by atoms with Crippen LogP contribution in [0.25, 0.3) is 6.08 Å². The Kier molecular flexibility index (Phi) is 5.24. The number of para-hydroxylation sites is 1. The van der Waals surface area contributed by atoms with Crippen LogP contribution in [0.3, 0.4) is 0 Å². The summed E-state index contributed by atoms with van der Waals surface area (Å²) >= 11 is 7.68. The van der Waals surface area contributed by atoms with Gasteiger partial charge in [0, 0.05) is 22.0 Å². The lowest BCUT2D eigenvalue weighted by molar-refractivity contribution is -0.121. The minimum absolute atomic E-state index is 0.0651. The van der Waals surface area contributed by atoms with Crippen molar-refractivity contribution in [1.29, 1.82) is 0 Å². The molecule has 1 spiro atoms. The van der Waals surface area contributed by atoms with Crippen LogP contribution in [0.4, 0.5) is 11.4 Å². The molecular weight excluding hydrogens is 560 g/mol. The summed E-state index contributed by atoms with van der Waals surface area (Å²) in [7, 11) is 0. The van der Waals surface area contributed by atoms with Crippen LogP contribution in [0, 0.1) is 5.92 Å². The molecule has 7 nitrogen and oxygen atoms in total. The molecule has 0 radical (unpaired) electrons. The van der Waals surface area contributed by atoms with Crippen LogP contribution in [0.1, 0.15) is 31.2 Å². The fourth-order valence-corrected chi connectivity index (χ4v) is 7.82. The highest BCUT2D eigenvalue weighted by atomic mass is 35.5. The number of amides is 1. The Bertz CT molecular complexity index is 1820. The van der Waals surface area contributed by atoms with Gasteiger partial charge in [-0.2, -0.15) is 0 Å². The normalized spacial score (nSPS) is 24.7. The molecule has 1 amide bonds. The lowest BCUT2D eigenvalue weighted by Crippen LogP contribution is -2.51. The summed E-state index contributed by atoms with van der Waals surface area (Å²) in [6, 6.07) is 19.9. The Balaban J connectivity index is 1.41. The molecule has 1 fully saturated rings. The summed E-state index contributed by atoms with van der Waals surface area (Å²) < 4.78 is 11.0. The smallest absolute Gasteiger partial charge is 0.238 e. The van der Waals surface area contributed by atoms with Crippen LogP contribution in [-0.4, -0.2) is 36.4 Å². The Labute approximate surface area is 244 Å². The third kappa shape index (κ3) is 3.29. The molecule has 4 atom stereocenters. The van der Waals surface area contributed by atoms with Gasteiger partial charge in [0.2, 0.25) is 12.7 Å². The molecular formula is C32H21ClN2O5S. The first-order valence-electron chi connectivity index (χ1n) is 13.2. The van der Waals surface area contributed by atoms with E-state index in [4.69, 9.17) is 21.1 Å². The number of fused-ring (bicyclic) bond motifs is 7. The number of halogens is 1. The molecule has 9 heteroatoms. The van der Waals surface area contributed by atoms with Crippen LogP contribution in [0.2, 0.25) is 5.02 Å². The number of hydrogen-bond acceptors (Lipinski definition) is 7. The molecule has 1 N–H and O–H groups in total. The lowest BCUT2D eigenvalue weighted by Gasteiger charge is -2.37. The molecule has 202 valence electrons. The van der Waals surface area contributed by atoms with E-state index in [1.54, 1.807) is 30.3 Å². The second kappa shape index (κ2) is 8.80. The van der Waals surface area contributed by atoms with Gasteiger partial charge < -0.3 is 19.7 Å². The van der Waals surface area contributed by atoms with Crippen LogP contribution in [0.15, 0.2) is 84.3 Å².